The highest BCUT2D eigenvalue weighted by molar-refractivity contribution is 6.65. The van der Waals surface area contributed by atoms with Gasteiger partial charge in [0.05, 0.1) is 0 Å². The van der Waals surface area contributed by atoms with Gasteiger partial charge in [-0.05, 0) is 16.7 Å². The van der Waals surface area contributed by atoms with E-state index in [1.165, 1.54) is 0 Å². The van der Waals surface area contributed by atoms with E-state index in [0.29, 0.717) is 11.6 Å². The molecule has 208 valence electrons. The topological polar surface area (TPSA) is 118 Å². The lowest BCUT2D eigenvalue weighted by atomic mass is 10.0. The average Bonchev–Trinajstić information content (AvgIpc) is 3.40. The van der Waals surface area contributed by atoms with Crippen molar-refractivity contribution in [3.05, 3.63) is 108 Å². The van der Waals surface area contributed by atoms with Crippen molar-refractivity contribution in [3.63, 3.8) is 0 Å². The Kier molecular flexibility index (Phi) is 10.5. The van der Waals surface area contributed by atoms with Crippen molar-refractivity contribution < 1.29 is 24.0 Å². The zero-order valence-corrected chi connectivity index (χ0v) is 22.6. The van der Waals surface area contributed by atoms with Crippen LogP contribution in [0, 0.1) is 0 Å². The van der Waals surface area contributed by atoms with Crippen LogP contribution in [0.1, 0.15) is 29.5 Å². The fraction of sp³-hybridized carbons (Fsp3) is 0.267. The first kappa shape index (κ1) is 28.6. The SMILES string of the molecule is O=C(N[C@@H](Cc1ccccc1)C(=O)N[C@@H](CC1CC(Cl)=NO1)C(=O)NCc1ccccc1)OCc1ccccc1. The number of rotatable bonds is 12. The molecule has 10 heteroatoms. The predicted molar refractivity (Wildman–Crippen MR) is 151 cm³/mol. The van der Waals surface area contributed by atoms with E-state index < -0.39 is 36.1 Å². The average molecular weight is 563 g/mol. The summed E-state index contributed by atoms with van der Waals surface area (Å²) in [5.41, 5.74) is 2.55. The highest BCUT2D eigenvalue weighted by atomic mass is 35.5. The summed E-state index contributed by atoms with van der Waals surface area (Å²) in [5.74, 6) is -0.931. The molecule has 1 unspecified atom stereocenters. The van der Waals surface area contributed by atoms with Gasteiger partial charge >= 0.3 is 6.09 Å². The van der Waals surface area contributed by atoms with Crippen LogP contribution in [0.4, 0.5) is 4.79 Å². The Morgan fingerprint density at radius 3 is 2.02 bits per heavy atom. The number of halogens is 1. The molecule has 0 radical (unpaired) electrons. The number of alkyl carbamates (subject to hydrolysis) is 1. The summed E-state index contributed by atoms with van der Waals surface area (Å²) in [6.45, 7) is 0.336. The molecular weight excluding hydrogens is 532 g/mol. The number of amides is 3. The molecule has 0 aromatic heterocycles. The summed E-state index contributed by atoms with van der Waals surface area (Å²) >= 11 is 5.96. The third-order valence-electron chi connectivity index (χ3n) is 6.24. The molecule has 3 amide bonds. The summed E-state index contributed by atoms with van der Waals surface area (Å²) in [4.78, 5) is 44.7. The van der Waals surface area contributed by atoms with Crippen LogP contribution in [-0.4, -0.2) is 41.3 Å². The molecule has 9 nitrogen and oxygen atoms in total. The van der Waals surface area contributed by atoms with E-state index in [1.807, 2.05) is 91.0 Å². The molecule has 40 heavy (non-hydrogen) atoms. The number of hydrogen-bond donors (Lipinski definition) is 3. The Bertz CT molecular complexity index is 1290. The van der Waals surface area contributed by atoms with E-state index in [4.69, 9.17) is 21.2 Å². The van der Waals surface area contributed by atoms with Crippen LogP contribution in [0.2, 0.25) is 0 Å². The minimum atomic E-state index is -1.00. The number of nitrogens with one attached hydrogen (secondary N) is 3. The number of oxime groups is 1. The van der Waals surface area contributed by atoms with Gasteiger partial charge in [0.25, 0.3) is 0 Å². The van der Waals surface area contributed by atoms with E-state index in [-0.39, 0.29) is 26.0 Å². The number of benzene rings is 3. The minimum Gasteiger partial charge on any atom is -0.445 e. The number of carbonyl (C=O) groups excluding carboxylic acids is 3. The second-order valence-electron chi connectivity index (χ2n) is 9.35. The summed E-state index contributed by atoms with van der Waals surface area (Å²) in [7, 11) is 0. The molecule has 3 N–H and O–H groups in total. The van der Waals surface area contributed by atoms with Crippen LogP contribution in [0.15, 0.2) is 96.2 Å². The quantitative estimate of drug-likeness (QED) is 0.308. The molecule has 0 saturated carbocycles. The smallest absolute Gasteiger partial charge is 0.408 e. The maximum Gasteiger partial charge on any atom is 0.408 e. The lowest BCUT2D eigenvalue weighted by Crippen LogP contribution is -2.55. The van der Waals surface area contributed by atoms with Crippen LogP contribution in [0.5, 0.6) is 0 Å². The Hall–Kier alpha value is -4.37. The highest BCUT2D eigenvalue weighted by Crippen LogP contribution is 2.18. The predicted octanol–water partition coefficient (Wildman–Crippen LogP) is 4.06. The summed E-state index contributed by atoms with van der Waals surface area (Å²) in [5, 5.41) is 12.4. The normalized spacial score (nSPS) is 15.6. The Morgan fingerprint density at radius 2 is 1.43 bits per heavy atom. The van der Waals surface area contributed by atoms with Crippen LogP contribution < -0.4 is 16.0 Å². The van der Waals surface area contributed by atoms with Crippen molar-refractivity contribution in [2.24, 2.45) is 5.16 Å². The molecule has 0 aliphatic carbocycles. The fourth-order valence-electron chi connectivity index (χ4n) is 4.16. The number of hydrogen-bond acceptors (Lipinski definition) is 6. The molecule has 1 aliphatic heterocycles. The van der Waals surface area contributed by atoms with E-state index in [0.717, 1.165) is 16.7 Å². The number of nitrogens with zero attached hydrogens (tertiary/aromatic N) is 1. The summed E-state index contributed by atoms with van der Waals surface area (Å²) in [6.07, 6.45) is -0.554. The Labute approximate surface area is 237 Å². The molecule has 3 atom stereocenters. The van der Waals surface area contributed by atoms with Crippen LogP contribution in [0.3, 0.4) is 0 Å². The van der Waals surface area contributed by atoms with E-state index in [1.54, 1.807) is 0 Å². The van der Waals surface area contributed by atoms with Crippen molar-refractivity contribution in [1.82, 2.24) is 16.0 Å². The number of carbonyl (C=O) groups is 3. The summed E-state index contributed by atoms with van der Waals surface area (Å²) in [6, 6.07) is 26.0. The second-order valence-corrected chi connectivity index (χ2v) is 9.78. The van der Waals surface area contributed by atoms with Gasteiger partial charge in [-0.2, -0.15) is 0 Å². The largest absolute Gasteiger partial charge is 0.445 e. The zero-order valence-electron chi connectivity index (χ0n) is 21.8. The van der Waals surface area contributed by atoms with Gasteiger partial charge in [0.2, 0.25) is 11.8 Å². The molecule has 0 spiro atoms. The van der Waals surface area contributed by atoms with Crippen LogP contribution in [0.25, 0.3) is 0 Å². The highest BCUT2D eigenvalue weighted by Gasteiger charge is 2.32. The number of ether oxygens (including phenoxy) is 1. The maximum absolute atomic E-state index is 13.5. The monoisotopic (exact) mass is 562 g/mol. The molecule has 1 heterocycles. The van der Waals surface area contributed by atoms with Gasteiger partial charge in [-0.3, -0.25) is 9.59 Å². The molecule has 4 rings (SSSR count). The molecule has 0 saturated heterocycles. The van der Waals surface area contributed by atoms with Crippen molar-refractivity contribution in [2.45, 2.75) is 50.6 Å². The van der Waals surface area contributed by atoms with E-state index in [2.05, 4.69) is 21.1 Å². The van der Waals surface area contributed by atoms with Crippen LogP contribution >= 0.6 is 11.6 Å². The molecule has 3 aromatic rings. The molecular formula is C30H31ClN4O5. The fourth-order valence-corrected chi connectivity index (χ4v) is 4.37. The van der Waals surface area contributed by atoms with Gasteiger partial charge in [-0.1, -0.05) is 108 Å². The van der Waals surface area contributed by atoms with Crippen molar-refractivity contribution in [2.75, 3.05) is 0 Å². The first-order valence-electron chi connectivity index (χ1n) is 13.0. The molecule has 3 aromatic carbocycles. The van der Waals surface area contributed by atoms with Crippen molar-refractivity contribution in [1.29, 1.82) is 0 Å². The second kappa shape index (κ2) is 14.7. The van der Waals surface area contributed by atoms with Gasteiger partial charge in [0, 0.05) is 25.8 Å². The Balaban J connectivity index is 1.44. The lowest BCUT2D eigenvalue weighted by Gasteiger charge is -2.24. The maximum atomic E-state index is 13.5. The van der Waals surface area contributed by atoms with Crippen LogP contribution in [-0.2, 0) is 38.7 Å². The standard InChI is InChI=1S/C30H31ClN4O5/c31-27-18-24(40-35-27)17-26(28(36)32-19-22-12-6-2-7-13-22)33-29(37)25(16-21-10-4-1-5-11-21)34-30(38)39-20-23-14-8-3-9-15-23/h1-15,24-26H,16-20H2,(H,32,36)(H,33,37)(H,34,38)/t24?,25-,26-/m0/s1. The lowest BCUT2D eigenvalue weighted by molar-refractivity contribution is -0.131. The molecule has 0 fully saturated rings. The van der Waals surface area contributed by atoms with Gasteiger partial charge in [0.15, 0.2) is 0 Å². The third kappa shape index (κ3) is 9.13. The van der Waals surface area contributed by atoms with Gasteiger partial charge in [-0.15, -0.1) is 0 Å². The first-order valence-corrected chi connectivity index (χ1v) is 13.4. The van der Waals surface area contributed by atoms with E-state index >= 15 is 0 Å². The first-order chi connectivity index (χ1) is 19.5. The van der Waals surface area contributed by atoms with Gasteiger partial charge in [0.1, 0.15) is 30.0 Å². The van der Waals surface area contributed by atoms with Gasteiger partial charge in [-0.25, -0.2) is 4.79 Å². The summed E-state index contributed by atoms with van der Waals surface area (Å²) < 4.78 is 5.35. The zero-order chi connectivity index (χ0) is 28.2. The molecule has 0 bridgehead atoms. The Morgan fingerprint density at radius 1 is 0.825 bits per heavy atom. The molecule has 1 aliphatic rings. The van der Waals surface area contributed by atoms with E-state index in [9.17, 15) is 14.4 Å². The van der Waals surface area contributed by atoms with Gasteiger partial charge < -0.3 is 25.5 Å². The van der Waals surface area contributed by atoms with Crippen molar-refractivity contribution >= 4 is 34.7 Å². The van der Waals surface area contributed by atoms with Crippen molar-refractivity contribution in [3.8, 4) is 0 Å². The minimum absolute atomic E-state index is 0.0522. The third-order valence-corrected chi connectivity index (χ3v) is 6.47.